The summed E-state index contributed by atoms with van der Waals surface area (Å²) in [5, 5.41) is 10.9. The van der Waals surface area contributed by atoms with Crippen molar-refractivity contribution in [1.82, 2.24) is 4.90 Å². The lowest BCUT2D eigenvalue weighted by atomic mass is 9.86. The Balaban J connectivity index is 1.60. The van der Waals surface area contributed by atoms with Crippen molar-refractivity contribution in [1.29, 1.82) is 0 Å². The van der Waals surface area contributed by atoms with Gasteiger partial charge in [-0.3, -0.25) is 4.79 Å². The fraction of sp³-hybridized carbons (Fsp3) is 0.409. The van der Waals surface area contributed by atoms with Gasteiger partial charge in [-0.05, 0) is 42.5 Å². The van der Waals surface area contributed by atoms with E-state index in [0.29, 0.717) is 43.0 Å². The van der Waals surface area contributed by atoms with E-state index in [0.717, 1.165) is 5.56 Å². The number of halogens is 1. The maximum absolute atomic E-state index is 13.0. The second kappa shape index (κ2) is 9.06. The van der Waals surface area contributed by atoms with Crippen molar-refractivity contribution in [3.8, 4) is 11.5 Å². The van der Waals surface area contributed by atoms with Gasteiger partial charge in [0.1, 0.15) is 5.82 Å². The number of methoxy groups -OCH3 is 2. The topological polar surface area (TPSA) is 59.0 Å². The minimum atomic E-state index is -0.681. The first-order valence-electron chi connectivity index (χ1n) is 9.44. The predicted molar refractivity (Wildman–Crippen MR) is 104 cm³/mol. The highest BCUT2D eigenvalue weighted by molar-refractivity contribution is 5.78. The van der Waals surface area contributed by atoms with Crippen LogP contribution < -0.4 is 9.47 Å². The summed E-state index contributed by atoms with van der Waals surface area (Å²) < 4.78 is 23.8. The molecule has 0 bridgehead atoms. The quantitative estimate of drug-likeness (QED) is 0.826. The fourth-order valence-electron chi connectivity index (χ4n) is 3.75. The lowest BCUT2D eigenvalue weighted by Gasteiger charge is -2.35. The third-order valence-electron chi connectivity index (χ3n) is 5.36. The van der Waals surface area contributed by atoms with Crippen molar-refractivity contribution in [3.05, 3.63) is 59.4 Å². The van der Waals surface area contributed by atoms with E-state index < -0.39 is 6.10 Å². The second-order valence-corrected chi connectivity index (χ2v) is 7.05. The summed E-state index contributed by atoms with van der Waals surface area (Å²) in [5.41, 5.74) is 1.51. The Bertz CT molecular complexity index is 801. The van der Waals surface area contributed by atoms with Crippen molar-refractivity contribution < 1.29 is 23.8 Å². The van der Waals surface area contributed by atoms with E-state index in [-0.39, 0.29) is 24.1 Å². The summed E-state index contributed by atoms with van der Waals surface area (Å²) in [6.07, 6.45) is 0.990. The number of ether oxygens (including phenoxy) is 2. The van der Waals surface area contributed by atoms with Gasteiger partial charge < -0.3 is 19.5 Å². The van der Waals surface area contributed by atoms with Crippen LogP contribution in [0.4, 0.5) is 4.39 Å². The molecule has 1 atom stereocenters. The molecule has 1 heterocycles. The molecule has 5 nitrogen and oxygen atoms in total. The first-order chi connectivity index (χ1) is 13.5. The van der Waals surface area contributed by atoms with E-state index in [2.05, 4.69) is 0 Å². The van der Waals surface area contributed by atoms with E-state index in [1.165, 1.54) is 12.1 Å². The van der Waals surface area contributed by atoms with Crippen molar-refractivity contribution in [2.75, 3.05) is 27.3 Å². The number of hydrogen-bond acceptors (Lipinski definition) is 4. The summed E-state index contributed by atoms with van der Waals surface area (Å²) in [4.78, 5) is 14.3. The molecule has 0 aliphatic carbocycles. The molecule has 1 amide bonds. The molecule has 0 unspecified atom stereocenters. The number of likely N-dealkylation sites (tertiary alicyclic amines) is 1. The largest absolute Gasteiger partial charge is 0.493 e. The fourth-order valence-corrected chi connectivity index (χ4v) is 3.75. The number of piperidine rings is 1. The zero-order chi connectivity index (χ0) is 20.1. The van der Waals surface area contributed by atoms with Crippen LogP contribution in [-0.4, -0.2) is 43.2 Å². The summed E-state index contributed by atoms with van der Waals surface area (Å²) in [5.74, 6) is 0.895. The van der Waals surface area contributed by atoms with Crippen LogP contribution >= 0.6 is 0 Å². The van der Waals surface area contributed by atoms with Gasteiger partial charge in [-0.2, -0.15) is 0 Å². The van der Waals surface area contributed by atoms with E-state index in [1.54, 1.807) is 32.4 Å². The number of benzene rings is 2. The lowest BCUT2D eigenvalue weighted by molar-refractivity contribution is -0.132. The Kier molecular flexibility index (Phi) is 6.52. The molecule has 0 aromatic heterocycles. The lowest BCUT2D eigenvalue weighted by Crippen LogP contribution is -2.40. The number of rotatable bonds is 6. The van der Waals surface area contributed by atoms with E-state index in [9.17, 15) is 14.3 Å². The number of aliphatic hydroxyl groups is 1. The SMILES string of the molecule is COc1cccc([C@H](O)C2CCN(C(=O)Cc3ccc(F)cc3)CC2)c1OC. The van der Waals surface area contributed by atoms with Crippen LogP contribution in [0.1, 0.15) is 30.1 Å². The summed E-state index contributed by atoms with van der Waals surface area (Å²) in [6.45, 7) is 1.18. The van der Waals surface area contributed by atoms with Crippen LogP contribution in [0.2, 0.25) is 0 Å². The van der Waals surface area contributed by atoms with Crippen molar-refractivity contribution in [2.24, 2.45) is 5.92 Å². The molecule has 1 aliphatic heterocycles. The Morgan fingerprint density at radius 3 is 2.43 bits per heavy atom. The molecule has 1 fully saturated rings. The normalized spacial score (nSPS) is 15.9. The molecule has 6 heteroatoms. The highest BCUT2D eigenvalue weighted by atomic mass is 19.1. The van der Waals surface area contributed by atoms with Crippen LogP contribution in [0.25, 0.3) is 0 Å². The standard InChI is InChI=1S/C22H26FNO4/c1-27-19-5-3-4-18(22(19)28-2)21(26)16-10-12-24(13-11-16)20(25)14-15-6-8-17(23)9-7-15/h3-9,16,21,26H,10-14H2,1-2H3/t21-/m1/s1. The smallest absolute Gasteiger partial charge is 0.226 e. The van der Waals surface area contributed by atoms with Crippen LogP contribution in [0.15, 0.2) is 42.5 Å². The van der Waals surface area contributed by atoms with Crippen LogP contribution in [0.5, 0.6) is 11.5 Å². The number of hydrogen-bond donors (Lipinski definition) is 1. The van der Waals surface area contributed by atoms with Gasteiger partial charge in [0, 0.05) is 18.7 Å². The van der Waals surface area contributed by atoms with Gasteiger partial charge in [0.2, 0.25) is 5.91 Å². The highest BCUT2D eigenvalue weighted by Gasteiger charge is 2.30. The third-order valence-corrected chi connectivity index (χ3v) is 5.36. The first-order valence-corrected chi connectivity index (χ1v) is 9.44. The first kappa shape index (κ1) is 20.1. The van der Waals surface area contributed by atoms with Gasteiger partial charge in [-0.1, -0.05) is 24.3 Å². The Hall–Kier alpha value is -2.60. The van der Waals surface area contributed by atoms with Gasteiger partial charge in [0.05, 0.1) is 26.7 Å². The monoisotopic (exact) mass is 387 g/mol. The molecule has 0 saturated carbocycles. The molecule has 150 valence electrons. The number of carbonyl (C=O) groups is 1. The zero-order valence-corrected chi connectivity index (χ0v) is 16.2. The molecular weight excluding hydrogens is 361 g/mol. The Morgan fingerprint density at radius 2 is 1.82 bits per heavy atom. The summed E-state index contributed by atoms with van der Waals surface area (Å²) >= 11 is 0. The molecule has 28 heavy (non-hydrogen) atoms. The van der Waals surface area contributed by atoms with Gasteiger partial charge >= 0.3 is 0 Å². The average molecular weight is 387 g/mol. The van der Waals surface area contributed by atoms with E-state index in [1.807, 2.05) is 17.0 Å². The maximum Gasteiger partial charge on any atom is 0.226 e. The Labute approximate surface area is 164 Å². The second-order valence-electron chi connectivity index (χ2n) is 7.05. The van der Waals surface area contributed by atoms with Gasteiger partial charge in [0.25, 0.3) is 0 Å². The number of amides is 1. The molecule has 0 spiro atoms. The number of carbonyl (C=O) groups excluding carboxylic acids is 1. The van der Waals surface area contributed by atoms with Gasteiger partial charge in [-0.25, -0.2) is 4.39 Å². The molecule has 1 N–H and O–H groups in total. The molecule has 1 saturated heterocycles. The van der Waals surface area contributed by atoms with Crippen LogP contribution in [-0.2, 0) is 11.2 Å². The number of nitrogens with zero attached hydrogens (tertiary/aromatic N) is 1. The molecule has 0 radical (unpaired) electrons. The summed E-state index contributed by atoms with van der Waals surface area (Å²) in [6, 6.07) is 11.5. The van der Waals surface area contributed by atoms with Crippen LogP contribution in [0.3, 0.4) is 0 Å². The predicted octanol–water partition coefficient (Wildman–Crippen LogP) is 3.36. The van der Waals surface area contributed by atoms with Crippen molar-refractivity contribution in [3.63, 3.8) is 0 Å². The maximum atomic E-state index is 13.0. The minimum absolute atomic E-state index is 0.0264. The van der Waals surface area contributed by atoms with E-state index in [4.69, 9.17) is 9.47 Å². The summed E-state index contributed by atoms with van der Waals surface area (Å²) in [7, 11) is 3.13. The molecule has 2 aromatic carbocycles. The molecule has 1 aliphatic rings. The minimum Gasteiger partial charge on any atom is -0.493 e. The third kappa shape index (κ3) is 4.44. The Morgan fingerprint density at radius 1 is 1.14 bits per heavy atom. The average Bonchev–Trinajstić information content (AvgIpc) is 2.74. The molecule has 3 rings (SSSR count). The molecular formula is C22H26FNO4. The molecule has 2 aromatic rings. The highest BCUT2D eigenvalue weighted by Crippen LogP contribution is 2.40. The number of aliphatic hydroxyl groups excluding tert-OH is 1. The van der Waals surface area contributed by atoms with Crippen molar-refractivity contribution >= 4 is 5.91 Å². The van der Waals surface area contributed by atoms with Crippen LogP contribution in [0, 0.1) is 11.7 Å². The van der Waals surface area contributed by atoms with Gasteiger partial charge in [-0.15, -0.1) is 0 Å². The van der Waals surface area contributed by atoms with Crippen molar-refractivity contribution in [2.45, 2.75) is 25.4 Å². The zero-order valence-electron chi connectivity index (χ0n) is 16.2. The van der Waals surface area contributed by atoms with E-state index >= 15 is 0 Å². The number of para-hydroxylation sites is 1. The van der Waals surface area contributed by atoms with Gasteiger partial charge in [0.15, 0.2) is 11.5 Å².